The molecule has 9 nitrogen and oxygen atoms in total. The van der Waals surface area contributed by atoms with Gasteiger partial charge in [0.2, 0.25) is 15.2 Å². The molecule has 1 saturated heterocycles. The minimum atomic E-state index is -3.20. The Bertz CT molecular complexity index is 1750. The first-order valence-electron chi connectivity index (χ1n) is 12.3. The fourth-order valence-electron chi connectivity index (χ4n) is 4.34. The number of nitrogens with zero attached hydrogens (tertiary/aromatic N) is 5. The van der Waals surface area contributed by atoms with Crippen molar-refractivity contribution in [1.29, 1.82) is 0 Å². The summed E-state index contributed by atoms with van der Waals surface area (Å²) in [5, 5.41) is 5.79. The second kappa shape index (κ2) is 11.4. The van der Waals surface area contributed by atoms with Crippen LogP contribution in [0.2, 0.25) is 0 Å². The van der Waals surface area contributed by atoms with Crippen molar-refractivity contribution in [3.8, 4) is 11.5 Å². The molecule has 0 aliphatic carbocycles. The lowest BCUT2D eigenvalue weighted by Gasteiger charge is -2.28. The van der Waals surface area contributed by atoms with Gasteiger partial charge in [0.15, 0.2) is 11.6 Å². The summed E-state index contributed by atoms with van der Waals surface area (Å²) in [5.41, 5.74) is 0.943. The number of pyridine rings is 2. The normalized spacial score (nSPS) is 14.9. The Morgan fingerprint density at radius 3 is 2.70 bits per heavy atom. The maximum absolute atomic E-state index is 13.5. The van der Waals surface area contributed by atoms with Gasteiger partial charge in [-0.2, -0.15) is 4.37 Å². The lowest BCUT2D eigenvalue weighted by atomic mass is 9.98. The van der Waals surface area contributed by atoms with Crippen molar-refractivity contribution >= 4 is 65.8 Å². The van der Waals surface area contributed by atoms with Gasteiger partial charge in [-0.25, -0.2) is 27.1 Å². The third-order valence-electron chi connectivity index (χ3n) is 6.36. The quantitative estimate of drug-likeness (QED) is 0.209. The van der Waals surface area contributed by atoms with Crippen molar-refractivity contribution in [3.63, 3.8) is 0 Å². The van der Waals surface area contributed by atoms with Gasteiger partial charge in [-0.3, -0.25) is 4.98 Å². The molecule has 0 radical (unpaired) electrons. The molecule has 5 heterocycles. The first-order chi connectivity index (χ1) is 19.3. The van der Waals surface area contributed by atoms with Gasteiger partial charge >= 0.3 is 0 Å². The molecule has 4 aromatic heterocycles. The molecule has 0 unspecified atom stereocenters. The number of fused-ring (bicyclic) bond motifs is 1. The van der Waals surface area contributed by atoms with E-state index < -0.39 is 10.0 Å². The number of piperidine rings is 1. The number of nitrogens with one attached hydrogen (secondary N) is 1. The van der Waals surface area contributed by atoms with Crippen molar-refractivity contribution in [2.45, 2.75) is 28.6 Å². The molecule has 0 bridgehead atoms. The van der Waals surface area contributed by atoms with Crippen LogP contribution in [0.25, 0.3) is 10.2 Å². The maximum Gasteiger partial charge on any atom is 0.211 e. The Kier molecular flexibility index (Phi) is 7.68. The van der Waals surface area contributed by atoms with Crippen molar-refractivity contribution in [2.75, 3.05) is 24.7 Å². The standard InChI is InChI=1S/C26H23FN6O3S4/c1-40(34,35)33-11-7-16(8-12-33)24-30-26(39-32-24)31-25-21(36-18-4-2-17(27)3-5-18)14-19(15-29-25)38-22-6-10-28-20-9-13-37-23(20)22/h2-6,9-10,13-16H,7-8,11-12H2,1H3,(H,29,30,31,32). The van der Waals surface area contributed by atoms with Crippen LogP contribution in [0.5, 0.6) is 11.5 Å². The smallest absolute Gasteiger partial charge is 0.211 e. The number of halogens is 1. The zero-order chi connectivity index (χ0) is 27.7. The minimum absolute atomic E-state index is 0.0842. The van der Waals surface area contributed by atoms with Crippen LogP contribution in [0.3, 0.4) is 0 Å². The predicted octanol–water partition coefficient (Wildman–Crippen LogP) is 6.51. The van der Waals surface area contributed by atoms with Crippen molar-refractivity contribution in [3.05, 3.63) is 71.9 Å². The summed E-state index contributed by atoms with van der Waals surface area (Å²) in [6.07, 6.45) is 6.11. The molecular formula is C26H23FN6O3S4. The molecule has 40 heavy (non-hydrogen) atoms. The van der Waals surface area contributed by atoms with Crippen LogP contribution in [0, 0.1) is 5.82 Å². The van der Waals surface area contributed by atoms with E-state index in [1.807, 2.05) is 23.6 Å². The predicted molar refractivity (Wildman–Crippen MR) is 156 cm³/mol. The van der Waals surface area contributed by atoms with Crippen LogP contribution in [0.4, 0.5) is 15.3 Å². The Labute approximate surface area is 242 Å². The Morgan fingerprint density at radius 1 is 1.12 bits per heavy atom. The van der Waals surface area contributed by atoms with E-state index in [-0.39, 0.29) is 11.7 Å². The average molecular weight is 615 g/mol. The van der Waals surface area contributed by atoms with Gasteiger partial charge in [0, 0.05) is 58.8 Å². The van der Waals surface area contributed by atoms with E-state index in [4.69, 9.17) is 4.74 Å². The van der Waals surface area contributed by atoms with Crippen LogP contribution in [0.1, 0.15) is 24.6 Å². The van der Waals surface area contributed by atoms with E-state index >= 15 is 0 Å². The highest BCUT2D eigenvalue weighted by atomic mass is 32.2. The molecule has 5 aromatic rings. The second-order valence-electron chi connectivity index (χ2n) is 9.14. The lowest BCUT2D eigenvalue weighted by molar-refractivity contribution is 0.316. The number of anilines is 2. The van der Waals surface area contributed by atoms with E-state index in [1.165, 1.54) is 34.2 Å². The zero-order valence-electron chi connectivity index (χ0n) is 21.2. The molecule has 206 valence electrons. The molecule has 0 spiro atoms. The number of ether oxygens (including phenoxy) is 1. The Balaban J connectivity index is 1.24. The lowest BCUT2D eigenvalue weighted by Crippen LogP contribution is -2.37. The number of hydrogen-bond donors (Lipinski definition) is 1. The highest BCUT2D eigenvalue weighted by Gasteiger charge is 2.28. The topological polar surface area (TPSA) is 110 Å². The Hall–Kier alpha value is -3.17. The van der Waals surface area contributed by atoms with Gasteiger partial charge < -0.3 is 10.1 Å². The number of aromatic nitrogens is 4. The van der Waals surface area contributed by atoms with Gasteiger partial charge in [-0.05, 0) is 54.6 Å². The number of thiophene rings is 1. The first kappa shape index (κ1) is 27.0. The van der Waals surface area contributed by atoms with E-state index in [1.54, 1.807) is 47.6 Å². The molecule has 1 N–H and O–H groups in total. The molecule has 0 amide bonds. The fraction of sp³-hybridized carbons (Fsp3) is 0.231. The molecule has 0 atom stereocenters. The van der Waals surface area contributed by atoms with Crippen molar-refractivity contribution in [2.24, 2.45) is 0 Å². The van der Waals surface area contributed by atoms with E-state index in [9.17, 15) is 12.8 Å². The summed E-state index contributed by atoms with van der Waals surface area (Å²) >= 11 is 4.40. The van der Waals surface area contributed by atoms with E-state index in [0.29, 0.717) is 54.2 Å². The van der Waals surface area contributed by atoms with Crippen molar-refractivity contribution < 1.29 is 17.5 Å². The summed E-state index contributed by atoms with van der Waals surface area (Å²) in [6.45, 7) is 0.911. The zero-order valence-corrected chi connectivity index (χ0v) is 24.4. The van der Waals surface area contributed by atoms with E-state index in [2.05, 4.69) is 24.6 Å². The Morgan fingerprint density at radius 2 is 1.93 bits per heavy atom. The second-order valence-corrected chi connectivity index (χ2v) is 13.9. The average Bonchev–Trinajstić information content (AvgIpc) is 3.62. The van der Waals surface area contributed by atoms with Crippen LogP contribution < -0.4 is 10.1 Å². The molecule has 1 aromatic carbocycles. The molecule has 1 aliphatic rings. The van der Waals surface area contributed by atoms with Crippen molar-refractivity contribution in [1.82, 2.24) is 23.6 Å². The number of sulfonamides is 1. The third-order valence-corrected chi connectivity index (χ3v) is 10.4. The van der Waals surface area contributed by atoms with Gasteiger partial charge in [-0.15, -0.1) is 11.3 Å². The molecule has 14 heteroatoms. The SMILES string of the molecule is CS(=O)(=O)N1CCC(c2nsc(Nc3ncc(Sc4ccnc5ccsc45)cc3Oc3ccc(F)cc3)n2)CC1. The minimum Gasteiger partial charge on any atom is -0.453 e. The van der Waals surface area contributed by atoms with Gasteiger partial charge in [-0.1, -0.05) is 11.8 Å². The molecule has 1 aliphatic heterocycles. The van der Waals surface area contributed by atoms with Crippen LogP contribution >= 0.6 is 34.6 Å². The number of hydrogen-bond acceptors (Lipinski definition) is 11. The van der Waals surface area contributed by atoms with Gasteiger partial charge in [0.25, 0.3) is 0 Å². The summed E-state index contributed by atoms with van der Waals surface area (Å²) in [7, 11) is -3.20. The van der Waals surface area contributed by atoms with Crippen LogP contribution in [0.15, 0.2) is 70.0 Å². The summed E-state index contributed by atoms with van der Waals surface area (Å²) in [6, 6.07) is 11.6. The number of benzene rings is 1. The highest BCUT2D eigenvalue weighted by molar-refractivity contribution is 7.99. The summed E-state index contributed by atoms with van der Waals surface area (Å²) in [5.74, 6) is 1.78. The van der Waals surface area contributed by atoms with E-state index in [0.717, 1.165) is 20.0 Å². The molecular weight excluding hydrogens is 592 g/mol. The fourth-order valence-corrected chi connectivity index (χ4v) is 7.74. The van der Waals surface area contributed by atoms with Gasteiger partial charge in [0.1, 0.15) is 17.4 Å². The monoisotopic (exact) mass is 614 g/mol. The summed E-state index contributed by atoms with van der Waals surface area (Å²) in [4.78, 5) is 15.6. The first-order valence-corrected chi connectivity index (χ1v) is 16.6. The number of rotatable bonds is 8. The van der Waals surface area contributed by atoms with Gasteiger partial charge in [0.05, 0.1) is 16.5 Å². The van der Waals surface area contributed by atoms with Crippen LogP contribution in [-0.2, 0) is 10.0 Å². The highest BCUT2D eigenvalue weighted by Crippen LogP contribution is 2.39. The summed E-state index contributed by atoms with van der Waals surface area (Å²) < 4.78 is 50.4. The molecule has 0 saturated carbocycles. The maximum atomic E-state index is 13.5. The third kappa shape index (κ3) is 6.10. The molecule has 1 fully saturated rings. The van der Waals surface area contributed by atoms with Crippen LogP contribution in [-0.4, -0.2) is 51.4 Å². The largest absolute Gasteiger partial charge is 0.453 e. The molecule has 6 rings (SSSR count).